The van der Waals surface area contributed by atoms with E-state index in [1.807, 2.05) is 11.8 Å². The van der Waals surface area contributed by atoms with Crippen molar-refractivity contribution in [2.75, 3.05) is 0 Å². The van der Waals surface area contributed by atoms with Crippen molar-refractivity contribution in [3.05, 3.63) is 34.0 Å². The van der Waals surface area contributed by atoms with E-state index in [9.17, 15) is 9.18 Å². The predicted molar refractivity (Wildman–Crippen MR) is 107 cm³/mol. The van der Waals surface area contributed by atoms with E-state index in [-0.39, 0.29) is 29.1 Å². The number of rotatable bonds is 4. The number of nitrogens with zero attached hydrogens (tertiary/aromatic N) is 3. The van der Waals surface area contributed by atoms with Crippen LogP contribution in [0.5, 0.6) is 0 Å². The van der Waals surface area contributed by atoms with Crippen LogP contribution in [0.4, 0.5) is 4.39 Å². The predicted octanol–water partition coefficient (Wildman–Crippen LogP) is 5.07. The normalized spacial score (nSPS) is 21.6. The number of benzene rings is 1. The topological polar surface area (TPSA) is 38.1 Å². The van der Waals surface area contributed by atoms with Crippen LogP contribution in [0.1, 0.15) is 40.0 Å². The summed E-state index contributed by atoms with van der Waals surface area (Å²) in [6.07, 6.45) is 3.30. The molecule has 1 aliphatic rings. The van der Waals surface area contributed by atoms with Gasteiger partial charge in [-0.1, -0.05) is 23.1 Å². The van der Waals surface area contributed by atoms with Gasteiger partial charge in [0, 0.05) is 12.1 Å². The van der Waals surface area contributed by atoms with Crippen molar-refractivity contribution in [2.24, 2.45) is 0 Å². The maximum Gasteiger partial charge on any atom is 0.236 e. The molecule has 0 N–H and O–H groups in total. The van der Waals surface area contributed by atoms with Crippen LogP contribution in [0.3, 0.4) is 0 Å². The minimum Gasteiger partial charge on any atom is -0.336 e. The van der Waals surface area contributed by atoms with Crippen molar-refractivity contribution in [2.45, 2.75) is 61.7 Å². The van der Waals surface area contributed by atoms with Crippen molar-refractivity contribution >= 4 is 41.2 Å². The van der Waals surface area contributed by atoms with Crippen LogP contribution in [0, 0.1) is 9.77 Å². The third-order valence-corrected chi connectivity index (χ3v) is 7.08. The minimum atomic E-state index is -0.297. The van der Waals surface area contributed by atoms with Gasteiger partial charge in [0.1, 0.15) is 5.82 Å². The number of hydrogen-bond donors (Lipinski definition) is 0. The molecule has 4 nitrogen and oxygen atoms in total. The van der Waals surface area contributed by atoms with Crippen LogP contribution < -0.4 is 0 Å². The summed E-state index contributed by atoms with van der Waals surface area (Å²) in [5, 5.41) is 4.29. The smallest absolute Gasteiger partial charge is 0.236 e. The van der Waals surface area contributed by atoms with Crippen LogP contribution in [0.15, 0.2) is 28.6 Å². The minimum absolute atomic E-state index is 0.157. The van der Waals surface area contributed by atoms with E-state index in [4.69, 9.17) is 12.2 Å². The molecule has 1 aromatic heterocycles. The molecule has 3 rings (SSSR count). The van der Waals surface area contributed by atoms with Crippen LogP contribution in [-0.2, 0) is 4.79 Å². The fourth-order valence-electron chi connectivity index (χ4n) is 3.32. The van der Waals surface area contributed by atoms with E-state index in [0.717, 1.165) is 22.9 Å². The van der Waals surface area contributed by atoms with Gasteiger partial charge in [0.25, 0.3) is 0 Å². The van der Waals surface area contributed by atoms with Gasteiger partial charge in [0.2, 0.25) is 5.91 Å². The van der Waals surface area contributed by atoms with E-state index >= 15 is 0 Å². The molecule has 0 saturated carbocycles. The number of carbonyl (C=O) groups excluding carboxylic acids is 1. The van der Waals surface area contributed by atoms with Crippen molar-refractivity contribution in [3.8, 4) is 5.69 Å². The molecule has 0 bridgehead atoms. The lowest BCUT2D eigenvalue weighted by Crippen LogP contribution is -2.50. The standard InChI is InChI=1S/C18H22FN3OS3/c1-11-5-4-6-12(2)21(11)16(23)13(3)25-17-20-22(18(24)26-17)15-9-7-14(19)8-10-15/h7-13H,4-6H2,1-3H3/t11-,12-,13+/m0/s1. The monoisotopic (exact) mass is 411 g/mol. The Balaban J connectivity index is 1.74. The first-order chi connectivity index (χ1) is 12.4. The highest BCUT2D eigenvalue weighted by Crippen LogP contribution is 2.31. The molecular weight excluding hydrogens is 389 g/mol. The van der Waals surface area contributed by atoms with Gasteiger partial charge in [-0.3, -0.25) is 4.79 Å². The van der Waals surface area contributed by atoms with E-state index in [0.29, 0.717) is 3.95 Å². The second-order valence-corrected chi connectivity index (χ2v) is 9.87. The third-order valence-electron chi connectivity index (χ3n) is 4.67. The lowest BCUT2D eigenvalue weighted by Gasteiger charge is -2.40. The molecule has 26 heavy (non-hydrogen) atoms. The van der Waals surface area contributed by atoms with Crippen molar-refractivity contribution in [1.29, 1.82) is 0 Å². The molecule has 2 heterocycles. The van der Waals surface area contributed by atoms with Gasteiger partial charge in [-0.15, -0.1) is 5.10 Å². The van der Waals surface area contributed by atoms with Crippen molar-refractivity contribution in [1.82, 2.24) is 14.7 Å². The Morgan fingerprint density at radius 3 is 2.54 bits per heavy atom. The van der Waals surface area contributed by atoms with Gasteiger partial charge < -0.3 is 4.90 Å². The van der Waals surface area contributed by atoms with Crippen LogP contribution in [0.25, 0.3) is 5.69 Å². The summed E-state index contributed by atoms with van der Waals surface area (Å²) in [6.45, 7) is 6.17. The summed E-state index contributed by atoms with van der Waals surface area (Å²) in [5.41, 5.74) is 0.719. The van der Waals surface area contributed by atoms with Crippen LogP contribution in [0.2, 0.25) is 0 Å². The molecule has 1 fully saturated rings. The Kier molecular flexibility index (Phi) is 6.14. The highest BCUT2D eigenvalue weighted by atomic mass is 32.2. The van der Waals surface area contributed by atoms with Crippen molar-refractivity contribution in [3.63, 3.8) is 0 Å². The zero-order valence-electron chi connectivity index (χ0n) is 15.0. The highest BCUT2D eigenvalue weighted by molar-refractivity contribution is 8.02. The first-order valence-electron chi connectivity index (χ1n) is 8.71. The molecular formula is C18H22FN3OS3. The lowest BCUT2D eigenvalue weighted by molar-refractivity contribution is -0.136. The SMILES string of the molecule is C[C@@H](Sc1nn(-c2ccc(F)cc2)c(=S)s1)C(=O)N1[C@@H](C)CCC[C@@H]1C. The number of carbonyl (C=O) groups is 1. The first-order valence-corrected chi connectivity index (χ1v) is 10.8. The summed E-state index contributed by atoms with van der Waals surface area (Å²) >= 11 is 8.19. The number of piperidine rings is 1. The summed E-state index contributed by atoms with van der Waals surface area (Å²) in [4.78, 5) is 15.0. The third kappa shape index (κ3) is 4.18. The van der Waals surface area contributed by atoms with Crippen LogP contribution in [-0.4, -0.2) is 37.9 Å². The molecule has 1 saturated heterocycles. The number of amides is 1. The average Bonchev–Trinajstić information content (AvgIpc) is 2.95. The van der Waals surface area contributed by atoms with Gasteiger partial charge in [-0.05, 0) is 76.5 Å². The first kappa shape index (κ1) is 19.5. The number of halogens is 1. The Hall–Kier alpha value is -1.25. The van der Waals surface area contributed by atoms with Gasteiger partial charge in [-0.2, -0.15) is 0 Å². The Labute approximate surface area is 166 Å². The van der Waals surface area contributed by atoms with Crippen LogP contribution >= 0.6 is 35.3 Å². The summed E-state index contributed by atoms with van der Waals surface area (Å²) in [5.74, 6) is -0.141. The molecule has 2 aromatic rings. The largest absolute Gasteiger partial charge is 0.336 e. The summed E-state index contributed by atoms with van der Waals surface area (Å²) in [6, 6.07) is 6.62. The summed E-state index contributed by atoms with van der Waals surface area (Å²) in [7, 11) is 0. The second-order valence-electron chi connectivity index (χ2n) is 6.66. The van der Waals surface area contributed by atoms with E-state index in [1.165, 1.54) is 41.7 Å². The molecule has 0 spiro atoms. The Morgan fingerprint density at radius 2 is 1.92 bits per heavy atom. The maximum absolute atomic E-state index is 13.1. The summed E-state index contributed by atoms with van der Waals surface area (Å²) < 4.78 is 16.1. The van der Waals surface area contributed by atoms with Gasteiger partial charge in [0.05, 0.1) is 10.9 Å². The quantitative estimate of drug-likeness (QED) is 0.520. The second kappa shape index (κ2) is 8.19. The molecule has 1 amide bonds. The molecule has 0 unspecified atom stereocenters. The number of thioether (sulfide) groups is 1. The Morgan fingerprint density at radius 1 is 1.31 bits per heavy atom. The average molecular weight is 412 g/mol. The molecule has 1 aromatic carbocycles. The molecule has 0 aliphatic carbocycles. The van der Waals surface area contributed by atoms with E-state index in [1.54, 1.807) is 16.8 Å². The fraction of sp³-hybridized carbons (Fsp3) is 0.500. The number of hydrogen-bond acceptors (Lipinski definition) is 5. The zero-order valence-corrected chi connectivity index (χ0v) is 17.5. The highest BCUT2D eigenvalue weighted by Gasteiger charge is 2.32. The van der Waals surface area contributed by atoms with Gasteiger partial charge in [0.15, 0.2) is 8.29 Å². The lowest BCUT2D eigenvalue weighted by atomic mass is 9.97. The molecule has 140 valence electrons. The fourth-order valence-corrected chi connectivity index (χ4v) is 5.88. The molecule has 8 heteroatoms. The van der Waals surface area contributed by atoms with E-state index in [2.05, 4.69) is 18.9 Å². The van der Waals surface area contributed by atoms with Gasteiger partial charge >= 0.3 is 0 Å². The zero-order chi connectivity index (χ0) is 18.8. The molecule has 0 radical (unpaired) electrons. The number of aromatic nitrogens is 2. The number of likely N-dealkylation sites (tertiary alicyclic amines) is 1. The van der Waals surface area contributed by atoms with Crippen molar-refractivity contribution < 1.29 is 9.18 Å². The van der Waals surface area contributed by atoms with Gasteiger partial charge in [-0.25, -0.2) is 9.07 Å². The molecule has 3 atom stereocenters. The Bertz CT molecular complexity index is 823. The maximum atomic E-state index is 13.1. The molecule has 1 aliphatic heterocycles. The van der Waals surface area contributed by atoms with E-state index < -0.39 is 0 Å².